The highest BCUT2D eigenvalue weighted by atomic mass is 35.5. The van der Waals surface area contributed by atoms with E-state index in [1.165, 1.54) is 0 Å². The van der Waals surface area contributed by atoms with E-state index in [1.54, 1.807) is 0 Å². The van der Waals surface area contributed by atoms with Gasteiger partial charge in [0.2, 0.25) is 5.91 Å². The molecular formula is C16H9ClF6N2O4S2. The standard InChI is InChI=1S/C16H9ClF6N2O4S2/c17-10-3-1-8(15(18,19)20)5-11(10)24-14(26)7-31(29)13-4-2-9(30-16(21,22)23)6-12(13)25(27)28/h1-6H,7H2,(H,24,26)/t31-/m1/s1. The van der Waals surface area contributed by atoms with Crippen LogP contribution >= 0.6 is 23.4 Å². The number of carbonyl (C=O) groups excluding carboxylic acids is 1. The molecule has 0 unspecified atom stereocenters. The first-order chi connectivity index (χ1) is 14.2. The second-order valence-corrected chi connectivity index (χ2v) is 8.63. The fourth-order valence-corrected chi connectivity index (χ4v) is 4.00. The lowest BCUT2D eigenvalue weighted by Gasteiger charge is -2.12. The van der Waals surface area contributed by atoms with Crippen LogP contribution < -0.4 is 5.32 Å². The molecule has 2 aromatic rings. The number of benzene rings is 2. The van der Waals surface area contributed by atoms with Crippen molar-refractivity contribution in [3.63, 3.8) is 0 Å². The van der Waals surface area contributed by atoms with Crippen molar-refractivity contribution in [3.05, 3.63) is 57.1 Å². The van der Waals surface area contributed by atoms with E-state index in [-0.39, 0.29) is 5.02 Å². The van der Waals surface area contributed by atoms with Crippen LogP contribution in [0.4, 0.5) is 37.7 Å². The number of nitrogens with zero attached hydrogens (tertiary/aromatic N) is 1. The van der Waals surface area contributed by atoms with Crippen molar-refractivity contribution in [1.29, 1.82) is 0 Å². The summed E-state index contributed by atoms with van der Waals surface area (Å²) in [7, 11) is -2.39. The topological polar surface area (TPSA) is 89.3 Å². The monoisotopic (exact) mass is 506 g/mol. The molecule has 31 heavy (non-hydrogen) atoms. The Morgan fingerprint density at radius 1 is 1.13 bits per heavy atom. The van der Waals surface area contributed by atoms with E-state index in [4.69, 9.17) is 11.6 Å². The number of rotatable bonds is 6. The zero-order chi connectivity index (χ0) is 23.6. The largest absolute Gasteiger partial charge is 0.446 e. The van der Waals surface area contributed by atoms with Crippen molar-refractivity contribution in [2.75, 3.05) is 11.1 Å². The predicted molar refractivity (Wildman–Crippen MR) is 101 cm³/mol. The Kier molecular flexibility index (Phi) is 7.60. The van der Waals surface area contributed by atoms with Gasteiger partial charge in [-0.25, -0.2) is 0 Å². The van der Waals surface area contributed by atoms with Crippen molar-refractivity contribution in [1.82, 2.24) is 0 Å². The van der Waals surface area contributed by atoms with Crippen molar-refractivity contribution in [3.8, 4) is 0 Å². The predicted octanol–water partition coefficient (Wildman–Crippen LogP) is 5.63. The highest BCUT2D eigenvalue weighted by molar-refractivity contribution is 8.00. The lowest BCUT2D eigenvalue weighted by molar-refractivity contribution is -0.388. The van der Waals surface area contributed by atoms with E-state index in [1.807, 2.05) is 5.32 Å². The van der Waals surface area contributed by atoms with Gasteiger partial charge in [-0.05, 0) is 42.1 Å². The first-order valence-electron chi connectivity index (χ1n) is 7.76. The summed E-state index contributed by atoms with van der Waals surface area (Å²) in [5.41, 5.74) is -7.15. The van der Waals surface area contributed by atoms with Gasteiger partial charge in [-0.3, -0.25) is 19.1 Å². The third-order valence-electron chi connectivity index (χ3n) is 3.44. The van der Waals surface area contributed by atoms with Gasteiger partial charge in [0.25, 0.3) is 5.69 Å². The highest BCUT2D eigenvalue weighted by Crippen LogP contribution is 2.39. The van der Waals surface area contributed by atoms with Crippen LogP contribution in [0.15, 0.2) is 46.2 Å². The maximum atomic E-state index is 12.8. The number of hydrogen-bond donors (Lipinski definition) is 1. The van der Waals surface area contributed by atoms with Gasteiger partial charge in [-0.2, -0.15) is 26.3 Å². The molecule has 168 valence electrons. The molecule has 0 radical (unpaired) electrons. The van der Waals surface area contributed by atoms with E-state index in [9.17, 15) is 45.5 Å². The minimum Gasteiger partial charge on any atom is -0.324 e. The van der Waals surface area contributed by atoms with Crippen LogP contribution in [0.25, 0.3) is 0 Å². The molecule has 0 bridgehead atoms. The van der Waals surface area contributed by atoms with Crippen molar-refractivity contribution in [2.24, 2.45) is 0 Å². The second-order valence-electron chi connectivity index (χ2n) is 5.66. The van der Waals surface area contributed by atoms with Gasteiger partial charge in [0.1, 0.15) is 10.6 Å². The van der Waals surface area contributed by atoms with Crippen LogP contribution in [-0.4, -0.2) is 26.3 Å². The van der Waals surface area contributed by atoms with Gasteiger partial charge in [0.05, 0.1) is 32.0 Å². The maximum Gasteiger partial charge on any atom is 0.446 e. The van der Waals surface area contributed by atoms with Crippen LogP contribution in [0.1, 0.15) is 5.56 Å². The number of nitrogens with one attached hydrogen (secondary N) is 1. The van der Waals surface area contributed by atoms with Gasteiger partial charge in [-0.15, -0.1) is 0 Å². The van der Waals surface area contributed by atoms with Gasteiger partial charge in [0, 0.05) is 11.0 Å². The van der Waals surface area contributed by atoms with Gasteiger partial charge < -0.3 is 5.32 Å². The van der Waals surface area contributed by atoms with Crippen LogP contribution in [-0.2, 0) is 21.8 Å². The Hall–Kier alpha value is -2.32. The summed E-state index contributed by atoms with van der Waals surface area (Å²) in [6.45, 7) is 0. The van der Waals surface area contributed by atoms with Crippen LogP contribution in [0, 0.1) is 10.1 Å². The van der Waals surface area contributed by atoms with E-state index >= 15 is 0 Å². The molecule has 0 saturated carbocycles. The van der Waals surface area contributed by atoms with Crippen molar-refractivity contribution < 1.29 is 40.3 Å². The number of hydrogen-bond acceptors (Lipinski definition) is 5. The number of nitro benzene ring substituents is 1. The molecule has 1 N–H and O–H groups in total. The SMILES string of the molecule is O=C(C[S@@](=O)c1ccc(SC(F)(F)F)cc1[N+](=O)[O-])Nc1cc(C(F)(F)F)ccc1Cl. The molecule has 2 rings (SSSR count). The smallest absolute Gasteiger partial charge is 0.324 e. The molecule has 2 aromatic carbocycles. The number of carbonyl (C=O) groups is 1. The van der Waals surface area contributed by atoms with E-state index in [0.717, 1.165) is 18.2 Å². The number of anilines is 1. The minimum absolute atomic E-state index is 0.244. The summed E-state index contributed by atoms with van der Waals surface area (Å²) >= 11 is 5.12. The quantitative estimate of drug-likeness (QED) is 0.237. The molecular weight excluding hydrogens is 498 g/mol. The Bertz CT molecular complexity index is 1050. The molecule has 0 heterocycles. The molecule has 0 aliphatic heterocycles. The number of thioether (sulfide) groups is 1. The summed E-state index contributed by atoms with van der Waals surface area (Å²) in [4.78, 5) is 21.1. The van der Waals surface area contributed by atoms with E-state index in [0.29, 0.717) is 18.2 Å². The zero-order valence-electron chi connectivity index (χ0n) is 14.7. The summed E-state index contributed by atoms with van der Waals surface area (Å²) < 4.78 is 88.1. The third kappa shape index (κ3) is 7.11. The summed E-state index contributed by atoms with van der Waals surface area (Å²) in [5.74, 6) is -2.00. The lowest BCUT2D eigenvalue weighted by atomic mass is 10.2. The van der Waals surface area contributed by atoms with Crippen molar-refractivity contribution in [2.45, 2.75) is 21.5 Å². The highest BCUT2D eigenvalue weighted by Gasteiger charge is 2.32. The average Bonchev–Trinajstić information content (AvgIpc) is 2.61. The average molecular weight is 507 g/mol. The first kappa shape index (κ1) is 24.9. The Balaban J connectivity index is 2.22. The van der Waals surface area contributed by atoms with Crippen LogP contribution in [0.5, 0.6) is 0 Å². The molecule has 0 aromatic heterocycles. The summed E-state index contributed by atoms with van der Waals surface area (Å²) in [5, 5.41) is 12.9. The fourth-order valence-electron chi connectivity index (χ4n) is 2.21. The maximum absolute atomic E-state index is 12.8. The molecule has 0 fully saturated rings. The molecule has 15 heteroatoms. The molecule has 0 spiro atoms. The first-order valence-corrected chi connectivity index (χ1v) is 10.3. The number of amides is 1. The lowest BCUT2D eigenvalue weighted by Crippen LogP contribution is -2.20. The normalized spacial score (nSPS) is 13.0. The Morgan fingerprint density at radius 3 is 2.32 bits per heavy atom. The molecule has 1 amide bonds. The number of alkyl halides is 6. The minimum atomic E-state index is -4.72. The summed E-state index contributed by atoms with van der Waals surface area (Å²) in [6, 6.07) is 4.34. The fraction of sp³-hybridized carbons (Fsp3) is 0.188. The molecule has 0 aliphatic rings. The van der Waals surface area contributed by atoms with E-state index < -0.39 is 77.6 Å². The Morgan fingerprint density at radius 2 is 1.77 bits per heavy atom. The van der Waals surface area contributed by atoms with Gasteiger partial charge in [0.15, 0.2) is 0 Å². The number of nitro groups is 1. The van der Waals surface area contributed by atoms with Gasteiger partial charge in [-0.1, -0.05) is 11.6 Å². The molecule has 6 nitrogen and oxygen atoms in total. The third-order valence-corrected chi connectivity index (χ3v) is 5.85. The van der Waals surface area contributed by atoms with Crippen molar-refractivity contribution >= 4 is 51.4 Å². The zero-order valence-corrected chi connectivity index (χ0v) is 17.1. The molecule has 0 aliphatic carbocycles. The summed E-state index contributed by atoms with van der Waals surface area (Å²) in [6.07, 6.45) is -4.72. The number of halogens is 7. The van der Waals surface area contributed by atoms with Crippen LogP contribution in [0.2, 0.25) is 5.02 Å². The van der Waals surface area contributed by atoms with Gasteiger partial charge >= 0.3 is 11.7 Å². The second kappa shape index (κ2) is 9.44. The molecule has 0 saturated heterocycles. The van der Waals surface area contributed by atoms with Crippen LogP contribution in [0.3, 0.4) is 0 Å². The molecule has 1 atom stereocenters. The van der Waals surface area contributed by atoms with E-state index in [2.05, 4.69) is 0 Å². The Labute approximate surface area is 181 Å².